The van der Waals surface area contributed by atoms with E-state index in [0.717, 1.165) is 39.5 Å². The van der Waals surface area contributed by atoms with Crippen LogP contribution in [0.15, 0.2) is 170 Å². The molecule has 12 rings (SSSR count). The van der Waals surface area contributed by atoms with Crippen molar-refractivity contribution in [3.63, 3.8) is 0 Å². The third kappa shape index (κ3) is 5.76. The summed E-state index contributed by atoms with van der Waals surface area (Å²) < 4.78 is 0. The van der Waals surface area contributed by atoms with Gasteiger partial charge in [0.05, 0.1) is 11.6 Å². The Morgan fingerprint density at radius 3 is 1.36 bits per heavy atom. The number of hydrogen-bond donors (Lipinski definition) is 0. The zero-order chi connectivity index (χ0) is 38.6. The number of aromatic nitrogens is 3. The monoisotopic (exact) mass is 746 g/mol. The van der Waals surface area contributed by atoms with Gasteiger partial charge in [0.2, 0.25) is 0 Å². The SMILES string of the molecule is N#Cc1ccc(-c2ccc(C3(c4ccc(-c5cccc6c(-c7nc(-c8ccccc8)nc(-c8ccccc8)n7)cccc56)cc4)C4CC5CC(C4)CC3C5)cc2)cc1. The summed E-state index contributed by atoms with van der Waals surface area (Å²) in [5, 5.41) is 11.6. The molecule has 278 valence electrons. The van der Waals surface area contributed by atoms with Crippen LogP contribution in [0.2, 0.25) is 0 Å². The quantitative estimate of drug-likeness (QED) is 0.163. The van der Waals surface area contributed by atoms with Crippen molar-refractivity contribution < 1.29 is 0 Å². The number of fused-ring (bicyclic) bond motifs is 1. The highest BCUT2D eigenvalue weighted by Crippen LogP contribution is 2.65. The second-order valence-corrected chi connectivity index (χ2v) is 16.8. The van der Waals surface area contributed by atoms with E-state index in [9.17, 15) is 5.26 Å². The van der Waals surface area contributed by atoms with Gasteiger partial charge in [0.15, 0.2) is 17.5 Å². The first kappa shape index (κ1) is 34.5. The summed E-state index contributed by atoms with van der Waals surface area (Å²) in [6.45, 7) is 0. The lowest BCUT2D eigenvalue weighted by Gasteiger charge is -2.62. The van der Waals surface area contributed by atoms with Crippen LogP contribution in [0, 0.1) is 35.0 Å². The summed E-state index contributed by atoms with van der Waals surface area (Å²) in [5.41, 5.74) is 11.3. The number of benzene rings is 7. The molecular weight excluding hydrogens is 705 g/mol. The fourth-order valence-corrected chi connectivity index (χ4v) is 11.3. The molecule has 4 aliphatic carbocycles. The normalized spacial score (nSPS) is 21.8. The average Bonchev–Trinajstić information content (AvgIpc) is 3.29. The van der Waals surface area contributed by atoms with Crippen molar-refractivity contribution in [1.29, 1.82) is 5.26 Å². The van der Waals surface area contributed by atoms with E-state index >= 15 is 0 Å². The van der Waals surface area contributed by atoms with Gasteiger partial charge in [0.1, 0.15) is 0 Å². The van der Waals surface area contributed by atoms with Gasteiger partial charge in [-0.25, -0.2) is 15.0 Å². The van der Waals surface area contributed by atoms with Gasteiger partial charge < -0.3 is 0 Å². The van der Waals surface area contributed by atoms with Crippen molar-refractivity contribution in [2.45, 2.75) is 37.5 Å². The molecule has 0 aliphatic heterocycles. The van der Waals surface area contributed by atoms with Crippen molar-refractivity contribution in [3.05, 3.63) is 187 Å². The van der Waals surface area contributed by atoms with Crippen LogP contribution in [0.3, 0.4) is 0 Å². The lowest BCUT2D eigenvalue weighted by atomic mass is 9.42. The first-order chi connectivity index (χ1) is 28.6. The second-order valence-electron chi connectivity index (χ2n) is 16.8. The minimum Gasteiger partial charge on any atom is -0.208 e. The molecule has 58 heavy (non-hydrogen) atoms. The summed E-state index contributed by atoms with van der Waals surface area (Å²) in [5.74, 6) is 5.03. The largest absolute Gasteiger partial charge is 0.208 e. The van der Waals surface area contributed by atoms with Crippen LogP contribution in [-0.2, 0) is 5.41 Å². The Labute approximate surface area is 340 Å². The van der Waals surface area contributed by atoms with Crippen LogP contribution in [0.1, 0.15) is 48.8 Å². The number of rotatable bonds is 7. The first-order valence-electron chi connectivity index (χ1n) is 20.7. The molecule has 0 radical (unpaired) electrons. The van der Waals surface area contributed by atoms with Gasteiger partial charge in [-0.3, -0.25) is 0 Å². The van der Waals surface area contributed by atoms with Gasteiger partial charge in [-0.2, -0.15) is 5.26 Å². The number of hydrogen-bond acceptors (Lipinski definition) is 4. The van der Waals surface area contributed by atoms with E-state index in [1.54, 1.807) is 0 Å². The molecule has 4 fully saturated rings. The predicted octanol–water partition coefficient (Wildman–Crippen LogP) is 13.0. The third-order valence-corrected chi connectivity index (χ3v) is 13.7. The van der Waals surface area contributed by atoms with Gasteiger partial charge >= 0.3 is 0 Å². The van der Waals surface area contributed by atoms with Gasteiger partial charge in [-0.1, -0.05) is 158 Å². The maximum absolute atomic E-state index is 9.33. The smallest absolute Gasteiger partial charge is 0.164 e. The minimum absolute atomic E-state index is 0.00662. The maximum atomic E-state index is 9.33. The van der Waals surface area contributed by atoms with Crippen LogP contribution in [0.25, 0.3) is 67.2 Å². The van der Waals surface area contributed by atoms with E-state index < -0.39 is 0 Å². The number of nitrogens with zero attached hydrogens (tertiary/aromatic N) is 4. The van der Waals surface area contributed by atoms with Crippen LogP contribution in [0.5, 0.6) is 0 Å². The standard InChI is InChI=1S/C54H42N4/c55-34-35-17-19-38(20-18-35)39-21-25-43(26-22-39)54(45-30-36-29-37(32-45)33-46(54)31-36)44-27-23-40(24-28-44)47-13-7-15-49-48(47)14-8-16-50(49)53-57-51(41-9-3-1-4-10-41)56-52(58-53)42-11-5-2-6-12-42/h1-28,36-37,45-46H,29-33H2. The number of nitriles is 1. The molecule has 0 atom stereocenters. The summed E-state index contributed by atoms with van der Waals surface area (Å²) in [6, 6.07) is 62.8. The van der Waals surface area contributed by atoms with Crippen LogP contribution in [-0.4, -0.2) is 15.0 Å². The topological polar surface area (TPSA) is 62.5 Å². The van der Waals surface area contributed by atoms with Gasteiger partial charge in [-0.05, 0) is 112 Å². The first-order valence-corrected chi connectivity index (χ1v) is 20.7. The molecule has 0 amide bonds. The van der Waals surface area contributed by atoms with Crippen molar-refractivity contribution in [2.24, 2.45) is 23.7 Å². The van der Waals surface area contributed by atoms with Crippen LogP contribution >= 0.6 is 0 Å². The molecular formula is C54H42N4. The Kier molecular flexibility index (Phi) is 8.36. The molecule has 0 unspecified atom stereocenters. The van der Waals surface area contributed by atoms with Crippen LogP contribution in [0.4, 0.5) is 0 Å². The van der Waals surface area contributed by atoms with Gasteiger partial charge in [0.25, 0.3) is 0 Å². The van der Waals surface area contributed by atoms with E-state index in [1.165, 1.54) is 65.3 Å². The van der Waals surface area contributed by atoms with Crippen molar-refractivity contribution in [3.8, 4) is 62.5 Å². The van der Waals surface area contributed by atoms with E-state index in [-0.39, 0.29) is 5.41 Å². The van der Waals surface area contributed by atoms with E-state index in [4.69, 9.17) is 15.0 Å². The molecule has 4 saturated carbocycles. The van der Waals surface area contributed by atoms with Crippen molar-refractivity contribution in [1.82, 2.24) is 15.0 Å². The van der Waals surface area contributed by atoms with Crippen molar-refractivity contribution in [2.75, 3.05) is 0 Å². The summed E-state index contributed by atoms with van der Waals surface area (Å²) in [4.78, 5) is 15.1. The fraction of sp³-hybridized carbons (Fsp3) is 0.185. The molecule has 8 aromatic rings. The molecule has 0 N–H and O–H groups in total. The lowest BCUT2D eigenvalue weighted by molar-refractivity contribution is -0.0418. The highest BCUT2D eigenvalue weighted by atomic mass is 15.0. The maximum Gasteiger partial charge on any atom is 0.164 e. The fourth-order valence-electron chi connectivity index (χ4n) is 11.3. The summed E-state index contributed by atoms with van der Waals surface area (Å²) >= 11 is 0. The Morgan fingerprint density at radius 1 is 0.397 bits per heavy atom. The minimum atomic E-state index is 0.00662. The molecule has 7 aromatic carbocycles. The Hall–Kier alpha value is -6.70. The zero-order valence-electron chi connectivity index (χ0n) is 32.3. The van der Waals surface area contributed by atoms with Gasteiger partial charge in [-0.15, -0.1) is 0 Å². The van der Waals surface area contributed by atoms with E-state index in [2.05, 4.69) is 127 Å². The highest BCUT2D eigenvalue weighted by Gasteiger charge is 2.58. The Bertz CT molecular complexity index is 2740. The molecule has 0 spiro atoms. The molecule has 4 heteroatoms. The molecule has 1 heterocycles. The second kappa shape index (κ2) is 14.0. The van der Waals surface area contributed by atoms with Crippen LogP contribution < -0.4 is 0 Å². The Morgan fingerprint density at radius 2 is 0.845 bits per heavy atom. The predicted molar refractivity (Wildman–Crippen MR) is 233 cm³/mol. The average molecular weight is 747 g/mol. The van der Waals surface area contributed by atoms with Gasteiger partial charge in [0, 0.05) is 22.1 Å². The zero-order valence-corrected chi connectivity index (χ0v) is 32.3. The summed E-state index contributed by atoms with van der Waals surface area (Å²) in [7, 11) is 0. The molecule has 4 aliphatic rings. The molecule has 4 bridgehead atoms. The van der Waals surface area contributed by atoms with Crippen molar-refractivity contribution >= 4 is 10.8 Å². The highest BCUT2D eigenvalue weighted by molar-refractivity contribution is 6.03. The van der Waals surface area contributed by atoms with E-state index in [1.807, 2.05) is 48.5 Å². The lowest BCUT2D eigenvalue weighted by Crippen LogP contribution is -2.56. The third-order valence-electron chi connectivity index (χ3n) is 13.7. The molecule has 4 nitrogen and oxygen atoms in total. The molecule has 0 saturated heterocycles. The molecule has 1 aromatic heterocycles. The summed E-state index contributed by atoms with van der Waals surface area (Å²) in [6.07, 6.45) is 6.73. The van der Waals surface area contributed by atoms with E-state index in [0.29, 0.717) is 34.9 Å². The Balaban J connectivity index is 0.990.